The number of nitrogens with one attached hydrogen (secondary N) is 1. The Morgan fingerprint density at radius 1 is 1.29 bits per heavy atom. The number of carbonyl (C=O) groups excluding carboxylic acids is 2. The number of hydrogen-bond acceptors (Lipinski definition) is 3. The van der Waals surface area contributed by atoms with Crippen LogP contribution in [-0.4, -0.2) is 39.1 Å². The van der Waals surface area contributed by atoms with E-state index < -0.39 is 0 Å². The zero-order chi connectivity index (χ0) is 16.9. The molecule has 0 spiro atoms. The minimum absolute atomic E-state index is 0.0320. The van der Waals surface area contributed by atoms with Crippen LogP contribution in [0.25, 0.3) is 0 Å². The van der Waals surface area contributed by atoms with Gasteiger partial charge in [-0.05, 0) is 37.0 Å². The van der Waals surface area contributed by atoms with E-state index in [4.69, 9.17) is 0 Å². The van der Waals surface area contributed by atoms with Gasteiger partial charge in [0.15, 0.2) is 0 Å². The number of anilines is 1. The van der Waals surface area contributed by atoms with Crippen molar-refractivity contribution in [1.82, 2.24) is 14.7 Å². The molecule has 3 rings (SSSR count). The van der Waals surface area contributed by atoms with Crippen LogP contribution in [0.3, 0.4) is 0 Å². The maximum Gasteiger partial charge on any atom is 0.247 e. The van der Waals surface area contributed by atoms with Gasteiger partial charge in [0.2, 0.25) is 11.8 Å². The Kier molecular flexibility index (Phi) is 4.93. The van der Waals surface area contributed by atoms with Gasteiger partial charge in [0, 0.05) is 31.9 Å². The number of nitrogens with zero attached hydrogens (tertiary/aromatic N) is 3. The zero-order valence-electron chi connectivity index (χ0n) is 13.8. The first-order chi connectivity index (χ1) is 11.6. The second kappa shape index (κ2) is 7.29. The van der Waals surface area contributed by atoms with Crippen LogP contribution in [0.5, 0.6) is 0 Å². The maximum absolute atomic E-state index is 12.5. The summed E-state index contributed by atoms with van der Waals surface area (Å²) in [7, 11) is 1.86. The molecule has 1 aliphatic rings. The normalized spacial score (nSPS) is 17.0. The quantitative estimate of drug-likeness (QED) is 0.913. The Morgan fingerprint density at radius 2 is 2.08 bits per heavy atom. The lowest BCUT2D eigenvalue weighted by Gasteiger charge is -2.24. The molecule has 6 nitrogen and oxygen atoms in total. The van der Waals surface area contributed by atoms with E-state index in [1.807, 2.05) is 43.6 Å². The van der Waals surface area contributed by atoms with E-state index in [-0.39, 0.29) is 17.9 Å². The van der Waals surface area contributed by atoms with Crippen molar-refractivity contribution in [2.75, 3.05) is 11.9 Å². The number of hydrogen-bond donors (Lipinski definition) is 1. The summed E-state index contributed by atoms with van der Waals surface area (Å²) in [5.41, 5.74) is 1.80. The van der Waals surface area contributed by atoms with Gasteiger partial charge in [-0.1, -0.05) is 18.2 Å². The lowest BCUT2D eigenvalue weighted by atomic mass is 10.1. The second-order valence-corrected chi connectivity index (χ2v) is 6.12. The van der Waals surface area contributed by atoms with Crippen LogP contribution >= 0.6 is 0 Å². The Hall–Kier alpha value is -2.63. The highest BCUT2D eigenvalue weighted by Crippen LogP contribution is 2.20. The molecule has 0 aliphatic carbocycles. The summed E-state index contributed by atoms with van der Waals surface area (Å²) in [5.74, 6) is -0.0713. The van der Waals surface area contributed by atoms with Crippen molar-refractivity contribution in [3.63, 3.8) is 0 Å². The molecule has 2 amide bonds. The van der Waals surface area contributed by atoms with Crippen LogP contribution < -0.4 is 5.32 Å². The summed E-state index contributed by atoms with van der Waals surface area (Å²) in [6.45, 7) is 0.652. The minimum atomic E-state index is -0.369. The summed E-state index contributed by atoms with van der Waals surface area (Å²) in [4.78, 5) is 26.7. The molecule has 2 aromatic rings. The molecule has 1 fully saturated rings. The molecule has 24 heavy (non-hydrogen) atoms. The summed E-state index contributed by atoms with van der Waals surface area (Å²) >= 11 is 0. The van der Waals surface area contributed by atoms with Crippen LogP contribution in [0.15, 0.2) is 42.7 Å². The summed E-state index contributed by atoms with van der Waals surface area (Å²) in [5, 5.41) is 7.01. The fraction of sp³-hybridized carbons (Fsp3) is 0.389. The molecule has 1 aromatic heterocycles. The number of rotatable bonds is 5. The van der Waals surface area contributed by atoms with Gasteiger partial charge in [0.25, 0.3) is 0 Å². The number of carbonyl (C=O) groups is 2. The highest BCUT2D eigenvalue weighted by atomic mass is 16.2. The number of amides is 2. The molecule has 2 heterocycles. The molecule has 1 atom stereocenters. The van der Waals surface area contributed by atoms with Crippen LogP contribution in [0.2, 0.25) is 0 Å². The molecule has 0 radical (unpaired) electrons. The molecule has 1 aromatic carbocycles. The van der Waals surface area contributed by atoms with E-state index in [0.717, 1.165) is 24.1 Å². The van der Waals surface area contributed by atoms with Gasteiger partial charge < -0.3 is 10.2 Å². The van der Waals surface area contributed by atoms with Crippen molar-refractivity contribution in [1.29, 1.82) is 0 Å². The van der Waals surface area contributed by atoms with Crippen molar-refractivity contribution in [3.05, 3.63) is 48.3 Å². The average molecular weight is 326 g/mol. The van der Waals surface area contributed by atoms with Crippen LogP contribution in [-0.2, 0) is 23.1 Å². The minimum Gasteiger partial charge on any atom is -0.331 e. The van der Waals surface area contributed by atoms with Crippen molar-refractivity contribution < 1.29 is 9.59 Å². The Morgan fingerprint density at radius 3 is 2.79 bits per heavy atom. The van der Waals surface area contributed by atoms with Crippen molar-refractivity contribution in [2.24, 2.45) is 7.05 Å². The monoisotopic (exact) mass is 326 g/mol. The van der Waals surface area contributed by atoms with Gasteiger partial charge in [-0.15, -0.1) is 0 Å². The number of para-hydroxylation sites is 1. The number of aryl methyl sites for hydroxylation is 2. The first-order valence-electron chi connectivity index (χ1n) is 8.26. The van der Waals surface area contributed by atoms with Gasteiger partial charge in [-0.25, -0.2) is 0 Å². The van der Waals surface area contributed by atoms with Gasteiger partial charge in [0.05, 0.1) is 6.20 Å². The average Bonchev–Trinajstić information content (AvgIpc) is 3.22. The van der Waals surface area contributed by atoms with Gasteiger partial charge in [-0.2, -0.15) is 5.10 Å². The smallest absolute Gasteiger partial charge is 0.247 e. The van der Waals surface area contributed by atoms with Crippen molar-refractivity contribution in [2.45, 2.75) is 31.7 Å². The predicted octanol–water partition coefficient (Wildman–Crippen LogP) is 1.98. The number of likely N-dealkylation sites (tertiary alicyclic amines) is 1. The van der Waals surface area contributed by atoms with Crippen LogP contribution in [0.4, 0.5) is 5.69 Å². The summed E-state index contributed by atoms with van der Waals surface area (Å²) in [6.07, 6.45) is 6.33. The van der Waals surface area contributed by atoms with E-state index >= 15 is 0 Å². The Bertz CT molecular complexity index is 711. The molecule has 126 valence electrons. The van der Waals surface area contributed by atoms with E-state index in [2.05, 4.69) is 10.4 Å². The molecular formula is C18H22N4O2. The van der Waals surface area contributed by atoms with Gasteiger partial charge >= 0.3 is 0 Å². The highest BCUT2D eigenvalue weighted by Gasteiger charge is 2.33. The summed E-state index contributed by atoms with van der Waals surface area (Å²) in [6, 6.07) is 8.98. The molecule has 0 saturated carbocycles. The topological polar surface area (TPSA) is 67.2 Å². The fourth-order valence-electron chi connectivity index (χ4n) is 3.08. The van der Waals surface area contributed by atoms with Crippen LogP contribution in [0, 0.1) is 0 Å². The predicted molar refractivity (Wildman–Crippen MR) is 91.3 cm³/mol. The van der Waals surface area contributed by atoms with E-state index in [0.29, 0.717) is 19.4 Å². The van der Waals surface area contributed by atoms with Gasteiger partial charge in [-0.3, -0.25) is 14.3 Å². The molecule has 1 aliphatic heterocycles. The number of benzene rings is 1. The number of aromatic nitrogens is 2. The lowest BCUT2D eigenvalue weighted by molar-refractivity contribution is -0.136. The van der Waals surface area contributed by atoms with E-state index in [1.54, 1.807) is 15.8 Å². The standard InChI is InChI=1S/C18H22N4O2/c1-21-13-14(12-19-21)9-10-17(23)22-11-5-8-16(22)18(24)20-15-6-3-2-4-7-15/h2-4,6-7,12-13,16H,5,8-11H2,1H3,(H,20,24)/t16-/m0/s1. The first-order valence-corrected chi connectivity index (χ1v) is 8.26. The van der Waals surface area contributed by atoms with E-state index in [9.17, 15) is 9.59 Å². The molecule has 0 unspecified atom stereocenters. The van der Waals surface area contributed by atoms with Crippen LogP contribution in [0.1, 0.15) is 24.8 Å². The van der Waals surface area contributed by atoms with Crippen molar-refractivity contribution in [3.8, 4) is 0 Å². The third kappa shape index (κ3) is 3.82. The highest BCUT2D eigenvalue weighted by molar-refractivity contribution is 5.97. The zero-order valence-corrected chi connectivity index (χ0v) is 13.8. The molecular weight excluding hydrogens is 304 g/mol. The lowest BCUT2D eigenvalue weighted by Crippen LogP contribution is -2.43. The molecule has 1 N–H and O–H groups in total. The SMILES string of the molecule is Cn1cc(CCC(=O)N2CCC[C@H]2C(=O)Nc2ccccc2)cn1. The van der Waals surface area contributed by atoms with Gasteiger partial charge in [0.1, 0.15) is 6.04 Å². The third-order valence-electron chi connectivity index (χ3n) is 4.30. The first kappa shape index (κ1) is 16.2. The molecule has 1 saturated heterocycles. The Balaban J connectivity index is 1.57. The molecule has 0 bridgehead atoms. The third-order valence-corrected chi connectivity index (χ3v) is 4.30. The summed E-state index contributed by atoms with van der Waals surface area (Å²) < 4.78 is 1.73. The second-order valence-electron chi connectivity index (χ2n) is 6.12. The molecule has 6 heteroatoms. The largest absolute Gasteiger partial charge is 0.331 e. The Labute approximate surface area is 141 Å². The van der Waals surface area contributed by atoms with E-state index in [1.165, 1.54) is 0 Å². The maximum atomic E-state index is 12.5. The fourth-order valence-corrected chi connectivity index (χ4v) is 3.08. The van der Waals surface area contributed by atoms with Crippen molar-refractivity contribution >= 4 is 17.5 Å².